The third kappa shape index (κ3) is 3.73. The van der Waals surface area contributed by atoms with Gasteiger partial charge in [-0.2, -0.15) is 0 Å². The lowest BCUT2D eigenvalue weighted by Crippen LogP contribution is -2.26. The Labute approximate surface area is 118 Å². The highest BCUT2D eigenvalue weighted by molar-refractivity contribution is 5.48. The van der Waals surface area contributed by atoms with E-state index in [0.717, 1.165) is 5.92 Å². The first-order chi connectivity index (χ1) is 9.00. The summed E-state index contributed by atoms with van der Waals surface area (Å²) in [6.07, 6.45) is 3.96. The molecule has 0 amide bonds. The van der Waals surface area contributed by atoms with Crippen LogP contribution >= 0.6 is 0 Å². The predicted octanol–water partition coefficient (Wildman–Crippen LogP) is 3.80. The van der Waals surface area contributed by atoms with Crippen LogP contribution in [-0.4, -0.2) is 13.1 Å². The van der Waals surface area contributed by atoms with Gasteiger partial charge < -0.3 is 10.6 Å². The molecule has 0 bridgehead atoms. The van der Waals surface area contributed by atoms with Crippen molar-refractivity contribution in [1.82, 2.24) is 0 Å². The normalized spacial score (nSPS) is 21.3. The van der Waals surface area contributed by atoms with Crippen molar-refractivity contribution in [1.29, 1.82) is 0 Å². The number of nitrogens with two attached hydrogens (primary N) is 1. The van der Waals surface area contributed by atoms with Gasteiger partial charge in [0.2, 0.25) is 0 Å². The summed E-state index contributed by atoms with van der Waals surface area (Å²) in [6, 6.07) is 8.71. The third-order valence-electron chi connectivity index (χ3n) is 4.46. The smallest absolute Gasteiger partial charge is 0.0369 e. The fourth-order valence-corrected chi connectivity index (χ4v) is 3.10. The maximum atomic E-state index is 5.74. The molecule has 2 rings (SSSR count). The third-order valence-corrected chi connectivity index (χ3v) is 4.46. The lowest BCUT2D eigenvalue weighted by atomic mass is 9.77. The number of hydrogen-bond acceptors (Lipinski definition) is 2. The summed E-state index contributed by atoms with van der Waals surface area (Å²) < 4.78 is 0. The quantitative estimate of drug-likeness (QED) is 0.876. The van der Waals surface area contributed by atoms with Crippen LogP contribution in [-0.2, 0) is 6.54 Å². The van der Waals surface area contributed by atoms with Crippen LogP contribution in [0.2, 0.25) is 0 Å². The lowest BCUT2D eigenvalue weighted by Gasteiger charge is -2.30. The first-order valence-electron chi connectivity index (χ1n) is 7.54. The molecule has 2 nitrogen and oxygen atoms in total. The van der Waals surface area contributed by atoms with Gasteiger partial charge in [0.15, 0.2) is 0 Å². The molecule has 19 heavy (non-hydrogen) atoms. The molecule has 1 atom stereocenters. The zero-order valence-corrected chi connectivity index (χ0v) is 12.7. The maximum Gasteiger partial charge on any atom is 0.0369 e. The number of nitrogens with zero attached hydrogens (tertiary/aromatic N) is 1. The van der Waals surface area contributed by atoms with Crippen molar-refractivity contribution >= 4 is 5.69 Å². The number of benzene rings is 1. The summed E-state index contributed by atoms with van der Waals surface area (Å²) in [4.78, 5) is 2.53. The second-order valence-electron chi connectivity index (χ2n) is 6.85. The topological polar surface area (TPSA) is 29.3 Å². The van der Waals surface area contributed by atoms with Crippen LogP contribution in [0.15, 0.2) is 24.3 Å². The Morgan fingerprint density at radius 2 is 2.00 bits per heavy atom. The van der Waals surface area contributed by atoms with Gasteiger partial charge in [-0.05, 0) is 48.3 Å². The summed E-state index contributed by atoms with van der Waals surface area (Å²) in [5.41, 5.74) is 8.75. The summed E-state index contributed by atoms with van der Waals surface area (Å²) >= 11 is 0. The standard InChI is InChI=1S/C17H28N2/c1-17(2,3)15-7-5-10-19(11-9-15)16-8-4-6-14(12-16)13-18/h4,6,8,12,15H,5,7,9-11,13,18H2,1-3H3. The van der Waals surface area contributed by atoms with E-state index in [2.05, 4.69) is 49.9 Å². The Morgan fingerprint density at radius 1 is 1.21 bits per heavy atom. The molecule has 1 fully saturated rings. The SMILES string of the molecule is CC(C)(C)C1CCCN(c2cccc(CN)c2)CC1. The predicted molar refractivity (Wildman–Crippen MR) is 83.3 cm³/mol. The Kier molecular flexibility index (Phi) is 4.51. The number of hydrogen-bond donors (Lipinski definition) is 1. The van der Waals surface area contributed by atoms with Gasteiger partial charge in [-0.3, -0.25) is 0 Å². The second-order valence-corrected chi connectivity index (χ2v) is 6.85. The molecule has 0 aromatic heterocycles. The van der Waals surface area contributed by atoms with Gasteiger partial charge in [0.1, 0.15) is 0 Å². The minimum absolute atomic E-state index is 0.440. The van der Waals surface area contributed by atoms with Crippen molar-refractivity contribution in [3.63, 3.8) is 0 Å². The van der Waals surface area contributed by atoms with Gasteiger partial charge in [-0.1, -0.05) is 32.9 Å². The summed E-state index contributed by atoms with van der Waals surface area (Å²) in [5, 5.41) is 0. The highest BCUT2D eigenvalue weighted by Gasteiger charge is 2.27. The van der Waals surface area contributed by atoms with E-state index in [9.17, 15) is 0 Å². The van der Waals surface area contributed by atoms with Crippen molar-refractivity contribution in [2.24, 2.45) is 17.1 Å². The van der Waals surface area contributed by atoms with Crippen LogP contribution in [0, 0.1) is 11.3 Å². The number of anilines is 1. The van der Waals surface area contributed by atoms with Crippen molar-refractivity contribution < 1.29 is 0 Å². The van der Waals surface area contributed by atoms with Crippen molar-refractivity contribution in [2.45, 2.75) is 46.6 Å². The highest BCUT2D eigenvalue weighted by Crippen LogP contribution is 2.35. The molecule has 1 aliphatic rings. The molecule has 0 spiro atoms. The van der Waals surface area contributed by atoms with E-state index in [-0.39, 0.29) is 0 Å². The molecule has 1 unspecified atom stereocenters. The minimum atomic E-state index is 0.440. The Hall–Kier alpha value is -1.02. The van der Waals surface area contributed by atoms with Gasteiger partial charge in [0.05, 0.1) is 0 Å². The van der Waals surface area contributed by atoms with Crippen LogP contribution in [0.5, 0.6) is 0 Å². The van der Waals surface area contributed by atoms with Gasteiger partial charge in [0, 0.05) is 25.3 Å². The average molecular weight is 260 g/mol. The van der Waals surface area contributed by atoms with E-state index < -0.39 is 0 Å². The molecular formula is C17H28N2. The van der Waals surface area contributed by atoms with Crippen LogP contribution in [0.1, 0.15) is 45.6 Å². The summed E-state index contributed by atoms with van der Waals surface area (Å²) in [7, 11) is 0. The molecule has 1 heterocycles. The fourth-order valence-electron chi connectivity index (χ4n) is 3.10. The van der Waals surface area contributed by atoms with E-state index in [1.54, 1.807) is 0 Å². The molecule has 1 aliphatic heterocycles. The molecule has 2 heteroatoms. The van der Waals surface area contributed by atoms with E-state index in [4.69, 9.17) is 5.73 Å². The van der Waals surface area contributed by atoms with Crippen LogP contribution < -0.4 is 10.6 Å². The molecule has 2 N–H and O–H groups in total. The van der Waals surface area contributed by atoms with Crippen LogP contribution in [0.3, 0.4) is 0 Å². The molecule has 0 saturated carbocycles. The highest BCUT2D eigenvalue weighted by atomic mass is 15.1. The zero-order valence-electron chi connectivity index (χ0n) is 12.7. The molecular weight excluding hydrogens is 232 g/mol. The zero-order chi connectivity index (χ0) is 13.9. The maximum absolute atomic E-state index is 5.74. The van der Waals surface area contributed by atoms with E-state index >= 15 is 0 Å². The first-order valence-corrected chi connectivity index (χ1v) is 7.54. The largest absolute Gasteiger partial charge is 0.372 e. The molecule has 0 aliphatic carbocycles. The lowest BCUT2D eigenvalue weighted by molar-refractivity contribution is 0.220. The van der Waals surface area contributed by atoms with E-state index in [1.165, 1.54) is 43.6 Å². The molecule has 0 radical (unpaired) electrons. The van der Waals surface area contributed by atoms with Gasteiger partial charge in [-0.25, -0.2) is 0 Å². The van der Waals surface area contributed by atoms with Gasteiger partial charge >= 0.3 is 0 Å². The number of rotatable bonds is 2. The van der Waals surface area contributed by atoms with Gasteiger partial charge in [0.25, 0.3) is 0 Å². The van der Waals surface area contributed by atoms with Crippen molar-refractivity contribution in [3.8, 4) is 0 Å². The van der Waals surface area contributed by atoms with E-state index in [1.807, 2.05) is 0 Å². The molecule has 1 aromatic rings. The summed E-state index contributed by atoms with van der Waals surface area (Å²) in [6.45, 7) is 10.1. The second kappa shape index (κ2) is 5.96. The molecule has 1 aromatic carbocycles. The minimum Gasteiger partial charge on any atom is -0.372 e. The van der Waals surface area contributed by atoms with E-state index in [0.29, 0.717) is 12.0 Å². The first kappa shape index (κ1) is 14.4. The monoisotopic (exact) mass is 260 g/mol. The van der Waals surface area contributed by atoms with Crippen molar-refractivity contribution in [2.75, 3.05) is 18.0 Å². The summed E-state index contributed by atoms with van der Waals surface area (Å²) in [5.74, 6) is 0.843. The Bertz CT molecular complexity index is 406. The van der Waals surface area contributed by atoms with Crippen LogP contribution in [0.25, 0.3) is 0 Å². The molecule has 106 valence electrons. The Morgan fingerprint density at radius 3 is 2.68 bits per heavy atom. The van der Waals surface area contributed by atoms with Gasteiger partial charge in [-0.15, -0.1) is 0 Å². The molecule has 1 saturated heterocycles. The van der Waals surface area contributed by atoms with Crippen LogP contribution in [0.4, 0.5) is 5.69 Å². The fraction of sp³-hybridized carbons (Fsp3) is 0.647. The average Bonchev–Trinajstić information content (AvgIpc) is 2.64. The van der Waals surface area contributed by atoms with Crippen molar-refractivity contribution in [3.05, 3.63) is 29.8 Å². The Balaban J connectivity index is 2.06.